The summed E-state index contributed by atoms with van der Waals surface area (Å²) < 4.78 is 4.80. The predicted molar refractivity (Wildman–Crippen MR) is 63.6 cm³/mol. The molecule has 0 amide bonds. The Morgan fingerprint density at radius 2 is 2.25 bits per heavy atom. The summed E-state index contributed by atoms with van der Waals surface area (Å²) in [5.41, 5.74) is 2.46. The Morgan fingerprint density at radius 3 is 2.81 bits per heavy atom. The highest BCUT2D eigenvalue weighted by molar-refractivity contribution is 5.82. The first-order valence-corrected chi connectivity index (χ1v) is 5.70. The number of rotatable bonds is 3. The summed E-state index contributed by atoms with van der Waals surface area (Å²) in [6.07, 6.45) is 1.88. The molecule has 0 spiro atoms. The second kappa shape index (κ2) is 4.56. The minimum Gasteiger partial charge on any atom is -0.467 e. The van der Waals surface area contributed by atoms with Crippen LogP contribution in [0.1, 0.15) is 18.9 Å². The second-order valence-electron chi connectivity index (χ2n) is 4.00. The Labute approximate surface area is 96.0 Å². The number of aryl methyl sites for hydroxylation is 1. The van der Waals surface area contributed by atoms with Gasteiger partial charge in [0.05, 0.1) is 7.11 Å². The van der Waals surface area contributed by atoms with E-state index in [1.165, 1.54) is 18.4 Å². The average Bonchev–Trinajstić information content (AvgIpc) is 2.28. The van der Waals surface area contributed by atoms with Gasteiger partial charge in [0.25, 0.3) is 0 Å². The Balaban J connectivity index is 2.21. The van der Waals surface area contributed by atoms with E-state index >= 15 is 0 Å². The van der Waals surface area contributed by atoms with Crippen molar-refractivity contribution in [1.82, 2.24) is 0 Å². The maximum atomic E-state index is 11.5. The van der Waals surface area contributed by atoms with E-state index in [2.05, 4.69) is 24.0 Å². The molecule has 16 heavy (non-hydrogen) atoms. The smallest absolute Gasteiger partial charge is 0.328 e. The lowest BCUT2D eigenvalue weighted by molar-refractivity contribution is -0.143. The molecule has 0 saturated carbocycles. The largest absolute Gasteiger partial charge is 0.467 e. The van der Waals surface area contributed by atoms with Crippen LogP contribution in [0.4, 0.5) is 5.69 Å². The van der Waals surface area contributed by atoms with Crippen LogP contribution in [-0.4, -0.2) is 25.7 Å². The van der Waals surface area contributed by atoms with Crippen LogP contribution in [0.25, 0.3) is 0 Å². The molecule has 2 rings (SSSR count). The summed E-state index contributed by atoms with van der Waals surface area (Å²) >= 11 is 0. The molecule has 1 unspecified atom stereocenters. The number of nitrogens with zero attached hydrogens (tertiary/aromatic N) is 1. The van der Waals surface area contributed by atoms with Gasteiger partial charge in [-0.2, -0.15) is 0 Å². The number of para-hydroxylation sites is 1. The monoisotopic (exact) mass is 219 g/mol. The van der Waals surface area contributed by atoms with Crippen molar-refractivity contribution >= 4 is 11.7 Å². The molecule has 1 aliphatic rings. The highest BCUT2D eigenvalue weighted by Gasteiger charge is 2.35. The van der Waals surface area contributed by atoms with Crippen molar-refractivity contribution in [2.24, 2.45) is 0 Å². The van der Waals surface area contributed by atoms with Crippen LogP contribution in [0.3, 0.4) is 0 Å². The van der Waals surface area contributed by atoms with E-state index in [9.17, 15) is 4.79 Å². The second-order valence-corrected chi connectivity index (χ2v) is 4.00. The fourth-order valence-electron chi connectivity index (χ4n) is 2.15. The molecule has 1 saturated heterocycles. The van der Waals surface area contributed by atoms with Gasteiger partial charge in [-0.1, -0.05) is 25.1 Å². The van der Waals surface area contributed by atoms with Gasteiger partial charge >= 0.3 is 5.97 Å². The van der Waals surface area contributed by atoms with E-state index in [0.29, 0.717) is 0 Å². The maximum Gasteiger partial charge on any atom is 0.328 e. The SMILES string of the molecule is CCc1ccccc1N1CCC1C(=O)OC. The maximum absolute atomic E-state index is 11.5. The lowest BCUT2D eigenvalue weighted by Gasteiger charge is -2.41. The number of benzene rings is 1. The summed E-state index contributed by atoms with van der Waals surface area (Å²) in [6, 6.07) is 8.16. The molecule has 0 aromatic heterocycles. The summed E-state index contributed by atoms with van der Waals surface area (Å²) in [6.45, 7) is 3.07. The molecular formula is C13H17NO2. The van der Waals surface area contributed by atoms with Crippen molar-refractivity contribution in [3.8, 4) is 0 Å². The van der Waals surface area contributed by atoms with E-state index in [-0.39, 0.29) is 12.0 Å². The zero-order valence-corrected chi connectivity index (χ0v) is 9.77. The van der Waals surface area contributed by atoms with E-state index in [0.717, 1.165) is 19.4 Å². The molecule has 1 aromatic rings. The standard InChI is InChI=1S/C13H17NO2/c1-3-10-6-4-5-7-11(10)14-9-8-12(14)13(15)16-2/h4-7,12H,3,8-9H2,1-2H3. The van der Waals surface area contributed by atoms with E-state index < -0.39 is 0 Å². The van der Waals surface area contributed by atoms with Crippen LogP contribution in [0.2, 0.25) is 0 Å². The van der Waals surface area contributed by atoms with Crippen molar-refractivity contribution in [1.29, 1.82) is 0 Å². The Kier molecular flexibility index (Phi) is 3.13. The zero-order chi connectivity index (χ0) is 11.5. The van der Waals surface area contributed by atoms with Gasteiger partial charge in [-0.15, -0.1) is 0 Å². The van der Waals surface area contributed by atoms with E-state index in [1.54, 1.807) is 0 Å². The van der Waals surface area contributed by atoms with Crippen molar-refractivity contribution < 1.29 is 9.53 Å². The number of ether oxygens (including phenoxy) is 1. The molecule has 1 fully saturated rings. The fourth-order valence-corrected chi connectivity index (χ4v) is 2.15. The van der Waals surface area contributed by atoms with Crippen LogP contribution in [-0.2, 0) is 16.0 Å². The zero-order valence-electron chi connectivity index (χ0n) is 9.77. The van der Waals surface area contributed by atoms with Crippen molar-refractivity contribution in [2.45, 2.75) is 25.8 Å². The number of carbonyl (C=O) groups excluding carboxylic acids is 1. The molecule has 1 aromatic carbocycles. The van der Waals surface area contributed by atoms with Gasteiger partial charge in [-0.05, 0) is 24.5 Å². The van der Waals surface area contributed by atoms with E-state index in [1.807, 2.05) is 12.1 Å². The van der Waals surface area contributed by atoms with Gasteiger partial charge < -0.3 is 9.64 Å². The highest BCUT2D eigenvalue weighted by Crippen LogP contribution is 2.30. The van der Waals surface area contributed by atoms with E-state index in [4.69, 9.17) is 4.74 Å². The Morgan fingerprint density at radius 1 is 1.50 bits per heavy atom. The number of methoxy groups -OCH3 is 1. The minimum absolute atomic E-state index is 0.0855. The summed E-state index contributed by atoms with van der Waals surface area (Å²) in [7, 11) is 1.45. The van der Waals surface area contributed by atoms with Gasteiger partial charge in [-0.25, -0.2) is 4.79 Å². The molecule has 3 heteroatoms. The van der Waals surface area contributed by atoms with Crippen molar-refractivity contribution in [2.75, 3.05) is 18.6 Å². The van der Waals surface area contributed by atoms with Gasteiger partial charge in [0, 0.05) is 12.2 Å². The third-order valence-electron chi connectivity index (χ3n) is 3.17. The van der Waals surface area contributed by atoms with Gasteiger partial charge in [-0.3, -0.25) is 0 Å². The molecule has 3 nitrogen and oxygen atoms in total. The Hall–Kier alpha value is -1.51. The summed E-state index contributed by atoms with van der Waals surface area (Å²) in [5.74, 6) is -0.128. The molecule has 0 aliphatic carbocycles. The van der Waals surface area contributed by atoms with Crippen LogP contribution >= 0.6 is 0 Å². The number of carbonyl (C=O) groups is 1. The molecule has 0 N–H and O–H groups in total. The van der Waals surface area contributed by atoms with Gasteiger partial charge in [0.2, 0.25) is 0 Å². The average molecular weight is 219 g/mol. The quantitative estimate of drug-likeness (QED) is 0.728. The first kappa shape index (κ1) is 11.0. The third-order valence-corrected chi connectivity index (χ3v) is 3.17. The van der Waals surface area contributed by atoms with Crippen LogP contribution in [0.15, 0.2) is 24.3 Å². The molecule has 0 bridgehead atoms. The highest BCUT2D eigenvalue weighted by atomic mass is 16.5. The molecule has 0 radical (unpaired) electrons. The number of hydrogen-bond acceptors (Lipinski definition) is 3. The number of hydrogen-bond donors (Lipinski definition) is 0. The topological polar surface area (TPSA) is 29.5 Å². The van der Waals surface area contributed by atoms with Crippen molar-refractivity contribution in [3.05, 3.63) is 29.8 Å². The number of anilines is 1. The van der Waals surface area contributed by atoms with Gasteiger partial charge in [0.1, 0.15) is 6.04 Å². The normalized spacial score (nSPS) is 19.1. The first-order valence-electron chi connectivity index (χ1n) is 5.70. The molecule has 1 heterocycles. The third kappa shape index (κ3) is 1.77. The number of esters is 1. The minimum atomic E-state index is -0.128. The summed E-state index contributed by atoms with van der Waals surface area (Å²) in [5, 5.41) is 0. The van der Waals surface area contributed by atoms with Gasteiger partial charge in [0.15, 0.2) is 0 Å². The van der Waals surface area contributed by atoms with Crippen LogP contribution in [0.5, 0.6) is 0 Å². The first-order chi connectivity index (χ1) is 7.77. The molecular weight excluding hydrogens is 202 g/mol. The van der Waals surface area contributed by atoms with Crippen LogP contribution < -0.4 is 4.90 Å². The van der Waals surface area contributed by atoms with Crippen LogP contribution in [0, 0.1) is 0 Å². The van der Waals surface area contributed by atoms with Crippen molar-refractivity contribution in [3.63, 3.8) is 0 Å². The molecule has 1 aliphatic heterocycles. The lowest BCUT2D eigenvalue weighted by atomic mass is 9.99. The Bertz CT molecular complexity index is 389. The lowest BCUT2D eigenvalue weighted by Crippen LogP contribution is -2.53. The molecule has 86 valence electrons. The predicted octanol–water partition coefficient (Wildman–Crippen LogP) is 2.00. The molecule has 1 atom stereocenters. The fraction of sp³-hybridized carbons (Fsp3) is 0.462. The summed E-state index contributed by atoms with van der Waals surface area (Å²) in [4.78, 5) is 13.6.